The van der Waals surface area contributed by atoms with Crippen LogP contribution in [0.3, 0.4) is 0 Å². The van der Waals surface area contributed by atoms with Crippen molar-refractivity contribution in [2.24, 2.45) is 5.92 Å². The summed E-state index contributed by atoms with van der Waals surface area (Å²) in [6.45, 7) is 6.21. The van der Waals surface area contributed by atoms with Crippen LogP contribution in [-0.2, 0) is 34.9 Å². The SMILES string of the molecule is COc1cccc2c1C(=O)c1c(O)c3c(c(O)c1C2=O)C[C@@](O)(C(=O)C(C)C)C[C@@H]3O[C@H]1C[C@H]2C(O[C@@H]3[C@@H](OC)OCCN32)[C@H](C)O1. The van der Waals surface area contributed by atoms with Gasteiger partial charge in [0.25, 0.3) is 0 Å². The van der Waals surface area contributed by atoms with Gasteiger partial charge in [-0.3, -0.25) is 19.3 Å². The fourth-order valence-corrected chi connectivity index (χ4v) is 8.05. The van der Waals surface area contributed by atoms with Gasteiger partial charge in [-0.05, 0) is 13.0 Å². The standard InChI is InChI=1S/C34H39NO12/c1-14(2)31(40)34(41)12-17-23(29(39)25-24(27(17)37)26(36)16-7-6-8-19(42-4)22(16)28(25)38)20(13-34)46-21-11-18-30(15(3)45-21)47-32-33(43-5)44-10-9-35(18)32/h6-8,14-15,18,20-21,30,32-33,37,39,41H,9-13H2,1-5H3/t15-,18-,20-,21-,30?,32+,33-,34-/m0/s1. The predicted molar refractivity (Wildman–Crippen MR) is 161 cm³/mol. The summed E-state index contributed by atoms with van der Waals surface area (Å²) in [5, 5.41) is 35.4. The highest BCUT2D eigenvalue weighted by atomic mass is 16.7. The molecule has 5 aliphatic rings. The van der Waals surface area contributed by atoms with Crippen molar-refractivity contribution in [1.29, 1.82) is 0 Å². The van der Waals surface area contributed by atoms with Gasteiger partial charge in [0, 0.05) is 61.6 Å². The first-order valence-electron chi connectivity index (χ1n) is 15.9. The highest BCUT2D eigenvalue weighted by molar-refractivity contribution is 6.31. The van der Waals surface area contributed by atoms with E-state index >= 15 is 0 Å². The molecule has 3 N–H and O–H groups in total. The summed E-state index contributed by atoms with van der Waals surface area (Å²) in [7, 11) is 2.92. The third-order valence-corrected chi connectivity index (χ3v) is 10.2. The summed E-state index contributed by atoms with van der Waals surface area (Å²) in [5.41, 5.74) is -2.84. The van der Waals surface area contributed by atoms with Gasteiger partial charge in [-0.1, -0.05) is 26.0 Å². The van der Waals surface area contributed by atoms with E-state index in [9.17, 15) is 29.7 Å². The van der Waals surface area contributed by atoms with Gasteiger partial charge >= 0.3 is 0 Å². The monoisotopic (exact) mass is 653 g/mol. The smallest absolute Gasteiger partial charge is 0.202 e. The number of aromatic hydroxyl groups is 2. The first kappa shape index (κ1) is 32.1. The largest absolute Gasteiger partial charge is 0.507 e. The Balaban J connectivity index is 1.30. The molecule has 0 bridgehead atoms. The van der Waals surface area contributed by atoms with Gasteiger partial charge in [0.1, 0.15) is 29.0 Å². The lowest BCUT2D eigenvalue weighted by atomic mass is 9.70. The number of fused-ring (bicyclic) bond motifs is 6. The van der Waals surface area contributed by atoms with Crippen LogP contribution in [0, 0.1) is 5.92 Å². The summed E-state index contributed by atoms with van der Waals surface area (Å²) in [6, 6.07) is 4.38. The van der Waals surface area contributed by atoms with Crippen LogP contribution >= 0.6 is 0 Å². The topological polar surface area (TPSA) is 171 Å². The number of rotatable bonds is 6. The third-order valence-electron chi connectivity index (χ3n) is 10.2. The lowest BCUT2D eigenvalue weighted by molar-refractivity contribution is -0.256. The number of ether oxygens (including phenoxy) is 6. The molecule has 0 aromatic heterocycles. The Morgan fingerprint density at radius 1 is 1.06 bits per heavy atom. The normalized spacial score (nSPS) is 33.1. The van der Waals surface area contributed by atoms with Crippen molar-refractivity contribution in [3.63, 3.8) is 0 Å². The highest BCUT2D eigenvalue weighted by Gasteiger charge is 2.55. The number of hydrogen-bond donors (Lipinski definition) is 3. The summed E-state index contributed by atoms with van der Waals surface area (Å²) < 4.78 is 35.7. The van der Waals surface area contributed by atoms with Gasteiger partial charge < -0.3 is 43.7 Å². The van der Waals surface area contributed by atoms with E-state index < -0.39 is 83.4 Å². The van der Waals surface area contributed by atoms with E-state index in [1.165, 1.54) is 19.2 Å². The van der Waals surface area contributed by atoms with Crippen molar-refractivity contribution in [3.8, 4) is 17.2 Å². The predicted octanol–water partition coefficient (Wildman–Crippen LogP) is 2.38. The van der Waals surface area contributed by atoms with Gasteiger partial charge in [0.2, 0.25) is 5.78 Å². The molecule has 7 rings (SSSR count). The molecule has 3 fully saturated rings. The number of phenols is 2. The zero-order valence-corrected chi connectivity index (χ0v) is 26.8. The molecular formula is C34H39NO12. The molecule has 0 spiro atoms. The Kier molecular flexibility index (Phi) is 7.94. The van der Waals surface area contributed by atoms with Gasteiger partial charge in [0.05, 0.1) is 42.6 Å². The molecule has 47 heavy (non-hydrogen) atoms. The fraction of sp³-hybridized carbons (Fsp3) is 0.559. The van der Waals surface area contributed by atoms with Gasteiger partial charge in [-0.25, -0.2) is 0 Å². The maximum atomic E-state index is 14.0. The molecule has 0 saturated carbocycles. The van der Waals surface area contributed by atoms with E-state index in [2.05, 4.69) is 4.90 Å². The molecule has 252 valence electrons. The third kappa shape index (κ3) is 4.82. The molecule has 0 radical (unpaired) electrons. The molecule has 3 aliphatic heterocycles. The summed E-state index contributed by atoms with van der Waals surface area (Å²) in [5.74, 6) is -3.48. The average Bonchev–Trinajstić information content (AvgIpc) is 3.43. The number of Topliss-reactive ketones (excluding diaryl/α,β-unsaturated/α-hetero) is 1. The van der Waals surface area contributed by atoms with Gasteiger partial charge in [-0.15, -0.1) is 0 Å². The number of methoxy groups -OCH3 is 2. The lowest BCUT2D eigenvalue weighted by Gasteiger charge is -2.43. The lowest BCUT2D eigenvalue weighted by Crippen LogP contribution is -2.55. The van der Waals surface area contributed by atoms with E-state index in [0.29, 0.717) is 19.6 Å². The second-order valence-corrected chi connectivity index (χ2v) is 13.2. The molecule has 8 atom stereocenters. The summed E-state index contributed by atoms with van der Waals surface area (Å²) >= 11 is 0. The molecule has 2 aliphatic carbocycles. The number of morpholine rings is 1. The molecule has 3 heterocycles. The van der Waals surface area contributed by atoms with Crippen LogP contribution in [0.5, 0.6) is 17.2 Å². The second-order valence-electron chi connectivity index (χ2n) is 13.2. The number of phenolic OH excluding ortho intramolecular Hbond substituents is 2. The van der Waals surface area contributed by atoms with Crippen LogP contribution in [0.25, 0.3) is 0 Å². The first-order chi connectivity index (χ1) is 22.4. The van der Waals surface area contributed by atoms with E-state index in [4.69, 9.17) is 28.4 Å². The van der Waals surface area contributed by atoms with Crippen molar-refractivity contribution >= 4 is 17.3 Å². The number of ketones is 3. The highest BCUT2D eigenvalue weighted by Crippen LogP contribution is 2.53. The Hall–Kier alpha value is -3.43. The minimum Gasteiger partial charge on any atom is -0.507 e. The van der Waals surface area contributed by atoms with Crippen molar-refractivity contribution in [2.75, 3.05) is 27.4 Å². The molecule has 13 heteroatoms. The maximum Gasteiger partial charge on any atom is 0.202 e. The number of carbonyl (C=O) groups excluding carboxylic acids is 3. The van der Waals surface area contributed by atoms with Crippen molar-refractivity contribution in [1.82, 2.24) is 4.90 Å². The minimum atomic E-state index is -2.01. The van der Waals surface area contributed by atoms with Crippen LogP contribution < -0.4 is 4.74 Å². The molecule has 2 aromatic rings. The molecule has 0 amide bonds. The first-order valence-corrected chi connectivity index (χ1v) is 15.9. The Bertz CT molecular complexity index is 1660. The number of aliphatic hydroxyl groups is 1. The molecule has 1 unspecified atom stereocenters. The average molecular weight is 654 g/mol. The molecule has 13 nitrogen and oxygen atoms in total. The fourth-order valence-electron chi connectivity index (χ4n) is 8.05. The van der Waals surface area contributed by atoms with Crippen LogP contribution in [0.4, 0.5) is 0 Å². The molecular weight excluding hydrogens is 614 g/mol. The van der Waals surface area contributed by atoms with E-state index in [1.807, 2.05) is 6.92 Å². The van der Waals surface area contributed by atoms with E-state index in [-0.39, 0.29) is 52.1 Å². The summed E-state index contributed by atoms with van der Waals surface area (Å²) in [4.78, 5) is 43.4. The second kappa shape index (κ2) is 11.6. The van der Waals surface area contributed by atoms with Gasteiger partial charge in [0.15, 0.2) is 30.4 Å². The Morgan fingerprint density at radius 3 is 2.51 bits per heavy atom. The molecule has 2 aromatic carbocycles. The number of benzene rings is 2. The Labute approximate surface area is 271 Å². The quantitative estimate of drug-likeness (QED) is 0.332. The van der Waals surface area contributed by atoms with Crippen LogP contribution in [0.15, 0.2) is 18.2 Å². The zero-order chi connectivity index (χ0) is 33.5. The van der Waals surface area contributed by atoms with E-state index in [1.54, 1.807) is 27.0 Å². The summed E-state index contributed by atoms with van der Waals surface area (Å²) in [6.07, 6.45) is -4.18. The maximum absolute atomic E-state index is 14.0. The molecule has 3 saturated heterocycles. The number of carbonyl (C=O) groups is 3. The van der Waals surface area contributed by atoms with Crippen LogP contribution in [0.1, 0.15) is 82.7 Å². The van der Waals surface area contributed by atoms with Crippen molar-refractivity contribution < 1.29 is 58.1 Å². The van der Waals surface area contributed by atoms with E-state index in [0.717, 1.165) is 0 Å². The number of hydrogen-bond acceptors (Lipinski definition) is 13. The van der Waals surface area contributed by atoms with Crippen LogP contribution in [0.2, 0.25) is 0 Å². The number of nitrogens with zero attached hydrogens (tertiary/aromatic N) is 1. The van der Waals surface area contributed by atoms with Crippen molar-refractivity contribution in [2.45, 2.75) is 88.8 Å². The Morgan fingerprint density at radius 2 is 1.81 bits per heavy atom. The van der Waals surface area contributed by atoms with Crippen molar-refractivity contribution in [3.05, 3.63) is 51.6 Å². The minimum absolute atomic E-state index is 0.00341. The van der Waals surface area contributed by atoms with Crippen LogP contribution in [-0.4, -0.2) is 108 Å². The zero-order valence-electron chi connectivity index (χ0n) is 26.8. The van der Waals surface area contributed by atoms with Gasteiger partial charge in [-0.2, -0.15) is 0 Å².